The molecule has 3 aromatic heterocycles. The molecule has 11 nitrogen and oxygen atoms in total. The van der Waals surface area contributed by atoms with E-state index in [2.05, 4.69) is 36.2 Å². The summed E-state index contributed by atoms with van der Waals surface area (Å²) in [5, 5.41) is 32.1. The van der Waals surface area contributed by atoms with Crippen molar-refractivity contribution < 1.29 is 29.2 Å². The summed E-state index contributed by atoms with van der Waals surface area (Å²) in [6, 6.07) is 0.959. The number of aliphatic hydroxyl groups excluding tert-OH is 2. The van der Waals surface area contributed by atoms with E-state index < -0.39 is 42.4 Å². The lowest BCUT2D eigenvalue weighted by molar-refractivity contribution is -0.191. The van der Waals surface area contributed by atoms with Crippen LogP contribution in [0.1, 0.15) is 30.4 Å². The molecule has 0 unspecified atom stereocenters. The summed E-state index contributed by atoms with van der Waals surface area (Å²) in [5.74, 6) is -0.574. The van der Waals surface area contributed by atoms with Crippen LogP contribution in [0.5, 0.6) is 0 Å². The van der Waals surface area contributed by atoms with Gasteiger partial charge >= 0.3 is 5.97 Å². The topological polar surface area (TPSA) is 142 Å². The van der Waals surface area contributed by atoms with Crippen molar-refractivity contribution in [2.45, 2.75) is 48.5 Å². The SMILES string of the molecule is CCOC(=O)c1ncc(Br)cc1S[C@H]1O[C@H](CO)[C@H](O)[C@H](n2cc(-c3nc(Cl)cs3)nn2)[C@H]1OCC. The van der Waals surface area contributed by atoms with Gasteiger partial charge in [-0.1, -0.05) is 28.6 Å². The number of hydrogen-bond donors (Lipinski definition) is 2. The molecule has 1 aliphatic heterocycles. The zero-order valence-electron chi connectivity index (χ0n) is 19.2. The van der Waals surface area contributed by atoms with E-state index >= 15 is 0 Å². The van der Waals surface area contributed by atoms with Gasteiger partial charge in [-0.05, 0) is 35.8 Å². The molecule has 5 atom stereocenters. The first-order chi connectivity index (χ1) is 17.4. The standard InChI is InChI=1S/C21H23BrClN5O6S2/c1-3-32-18-16(28-7-11(26-27-28)19-25-14(23)9-35-19)17(30)12(8-29)34-21(18)36-13-5-10(22)6-24-15(13)20(31)33-4-2/h5-7,9,12,16-18,21,29-30H,3-4,8H2,1-2H3/t12-,16+,17+,18-,21-/m1/s1. The highest BCUT2D eigenvalue weighted by atomic mass is 79.9. The first-order valence-corrected chi connectivity index (χ1v) is 13.9. The van der Waals surface area contributed by atoms with Gasteiger partial charge < -0.3 is 24.4 Å². The van der Waals surface area contributed by atoms with Crippen LogP contribution in [0.15, 0.2) is 33.2 Å². The van der Waals surface area contributed by atoms with Gasteiger partial charge in [-0.15, -0.1) is 16.4 Å². The first-order valence-electron chi connectivity index (χ1n) is 10.9. The van der Waals surface area contributed by atoms with Crippen LogP contribution in [0, 0.1) is 0 Å². The fourth-order valence-electron chi connectivity index (χ4n) is 3.71. The number of aliphatic hydroxyl groups is 2. The molecule has 0 aromatic carbocycles. The Balaban J connectivity index is 1.70. The smallest absolute Gasteiger partial charge is 0.358 e. The Morgan fingerprint density at radius 3 is 2.86 bits per heavy atom. The van der Waals surface area contributed by atoms with E-state index in [4.69, 9.17) is 25.8 Å². The Labute approximate surface area is 228 Å². The van der Waals surface area contributed by atoms with Crippen LogP contribution in [0.2, 0.25) is 5.15 Å². The monoisotopic (exact) mass is 619 g/mol. The molecule has 1 fully saturated rings. The molecule has 2 N–H and O–H groups in total. The minimum Gasteiger partial charge on any atom is -0.461 e. The summed E-state index contributed by atoms with van der Waals surface area (Å²) in [6.07, 6.45) is 0.297. The normalized spacial score (nSPS) is 24.1. The third kappa shape index (κ3) is 5.91. The number of thiazole rings is 1. The molecule has 1 aliphatic rings. The van der Waals surface area contributed by atoms with Gasteiger partial charge in [0.05, 0.1) is 19.4 Å². The number of pyridine rings is 1. The van der Waals surface area contributed by atoms with Crippen LogP contribution >= 0.6 is 50.6 Å². The molecule has 4 rings (SSSR count). The van der Waals surface area contributed by atoms with Gasteiger partial charge in [0.25, 0.3) is 0 Å². The van der Waals surface area contributed by atoms with Gasteiger partial charge in [-0.3, -0.25) is 0 Å². The molecule has 0 saturated carbocycles. The maximum absolute atomic E-state index is 12.5. The van der Waals surface area contributed by atoms with Gasteiger partial charge in [0.15, 0.2) is 5.69 Å². The highest BCUT2D eigenvalue weighted by Gasteiger charge is 2.48. The largest absolute Gasteiger partial charge is 0.461 e. The molecule has 0 aliphatic carbocycles. The Hall–Kier alpha value is -1.65. The fraction of sp³-hybridized carbons (Fsp3) is 0.476. The zero-order chi connectivity index (χ0) is 25.8. The van der Waals surface area contributed by atoms with E-state index in [1.54, 1.807) is 24.6 Å². The number of esters is 1. The second-order valence-corrected chi connectivity index (χ2v) is 10.8. The van der Waals surface area contributed by atoms with E-state index in [0.29, 0.717) is 31.8 Å². The minimum absolute atomic E-state index is 0.121. The van der Waals surface area contributed by atoms with Crippen LogP contribution in [-0.4, -0.2) is 84.7 Å². The lowest BCUT2D eigenvalue weighted by Gasteiger charge is -2.43. The van der Waals surface area contributed by atoms with Gasteiger partial charge in [0.2, 0.25) is 0 Å². The lowest BCUT2D eigenvalue weighted by atomic mass is 9.97. The number of thioether (sulfide) groups is 1. The van der Waals surface area contributed by atoms with Crippen molar-refractivity contribution in [2.75, 3.05) is 19.8 Å². The predicted molar refractivity (Wildman–Crippen MR) is 136 cm³/mol. The van der Waals surface area contributed by atoms with Crippen molar-refractivity contribution in [3.63, 3.8) is 0 Å². The summed E-state index contributed by atoms with van der Waals surface area (Å²) < 4.78 is 19.4. The van der Waals surface area contributed by atoms with E-state index in [9.17, 15) is 15.0 Å². The molecule has 0 radical (unpaired) electrons. The van der Waals surface area contributed by atoms with Crippen LogP contribution < -0.4 is 0 Å². The van der Waals surface area contributed by atoms with Crippen LogP contribution in [0.4, 0.5) is 0 Å². The minimum atomic E-state index is -1.16. The average Bonchev–Trinajstić information content (AvgIpc) is 3.50. The Morgan fingerprint density at radius 1 is 1.39 bits per heavy atom. The lowest BCUT2D eigenvalue weighted by Crippen LogP contribution is -2.56. The number of aromatic nitrogens is 5. The Bertz CT molecular complexity index is 1200. The molecule has 3 aromatic rings. The number of halogens is 2. The van der Waals surface area contributed by atoms with Gasteiger partial charge in [-0.25, -0.2) is 19.4 Å². The number of hydrogen-bond acceptors (Lipinski definition) is 12. The third-order valence-corrected chi connectivity index (χ3v) is 8.02. The van der Waals surface area contributed by atoms with Crippen LogP contribution in [0.25, 0.3) is 10.7 Å². The second kappa shape index (κ2) is 12.3. The maximum atomic E-state index is 12.5. The molecule has 36 heavy (non-hydrogen) atoms. The number of nitrogens with zero attached hydrogens (tertiary/aromatic N) is 5. The van der Waals surface area contributed by atoms with E-state index in [1.807, 2.05) is 6.92 Å². The summed E-state index contributed by atoms with van der Waals surface area (Å²) >= 11 is 11.8. The highest BCUT2D eigenvalue weighted by Crippen LogP contribution is 2.41. The number of carbonyl (C=O) groups excluding carboxylic acids is 1. The molecule has 0 spiro atoms. The first kappa shape index (κ1) is 27.4. The van der Waals surface area contributed by atoms with E-state index in [0.717, 1.165) is 0 Å². The van der Waals surface area contributed by atoms with Crippen molar-refractivity contribution in [3.05, 3.63) is 39.2 Å². The number of ether oxygens (including phenoxy) is 3. The molecule has 0 amide bonds. The summed E-state index contributed by atoms with van der Waals surface area (Å²) in [4.78, 5) is 21.4. The van der Waals surface area contributed by atoms with Crippen molar-refractivity contribution >= 4 is 56.6 Å². The van der Waals surface area contributed by atoms with Gasteiger partial charge in [0.1, 0.15) is 45.6 Å². The maximum Gasteiger partial charge on any atom is 0.358 e. The predicted octanol–water partition coefficient (Wildman–Crippen LogP) is 3.21. The molecule has 194 valence electrons. The fourth-order valence-corrected chi connectivity index (χ4v) is 6.35. The molecule has 15 heteroatoms. The van der Waals surface area contributed by atoms with Crippen molar-refractivity contribution in [3.8, 4) is 10.7 Å². The van der Waals surface area contributed by atoms with Crippen molar-refractivity contribution in [2.24, 2.45) is 0 Å². The summed E-state index contributed by atoms with van der Waals surface area (Å²) in [5.41, 5.74) is -0.149. The van der Waals surface area contributed by atoms with Crippen LogP contribution in [0.3, 0.4) is 0 Å². The number of rotatable bonds is 9. The molecule has 4 heterocycles. The molecular formula is C21H23BrClN5O6S2. The molecule has 0 bridgehead atoms. The average molecular weight is 621 g/mol. The molecular weight excluding hydrogens is 598 g/mol. The van der Waals surface area contributed by atoms with Crippen molar-refractivity contribution in [1.29, 1.82) is 0 Å². The summed E-state index contributed by atoms with van der Waals surface area (Å²) in [6.45, 7) is 3.59. The van der Waals surface area contributed by atoms with E-state index in [-0.39, 0.29) is 12.3 Å². The van der Waals surface area contributed by atoms with Crippen LogP contribution in [-0.2, 0) is 14.2 Å². The quantitative estimate of drug-likeness (QED) is 0.341. The molecule has 1 saturated heterocycles. The zero-order valence-corrected chi connectivity index (χ0v) is 23.1. The Morgan fingerprint density at radius 2 is 2.19 bits per heavy atom. The second-order valence-electron chi connectivity index (χ2n) is 7.52. The number of carbonyl (C=O) groups is 1. The van der Waals surface area contributed by atoms with Gasteiger partial charge in [-0.2, -0.15) is 0 Å². The van der Waals surface area contributed by atoms with Gasteiger partial charge in [0, 0.05) is 27.6 Å². The third-order valence-electron chi connectivity index (χ3n) is 5.23. The highest BCUT2D eigenvalue weighted by molar-refractivity contribution is 9.10. The Kier molecular flexibility index (Phi) is 9.33. The van der Waals surface area contributed by atoms with Crippen molar-refractivity contribution in [1.82, 2.24) is 25.0 Å². The van der Waals surface area contributed by atoms with E-state index in [1.165, 1.54) is 34.0 Å². The summed E-state index contributed by atoms with van der Waals surface area (Å²) in [7, 11) is 0.